The van der Waals surface area contributed by atoms with E-state index in [1.165, 1.54) is 29.2 Å². The minimum atomic E-state index is -0.856. The van der Waals surface area contributed by atoms with Gasteiger partial charge in [-0.2, -0.15) is 0 Å². The normalized spacial score (nSPS) is 15.0. The van der Waals surface area contributed by atoms with Gasteiger partial charge in [0.15, 0.2) is 12.4 Å². The van der Waals surface area contributed by atoms with Gasteiger partial charge in [0.05, 0.1) is 16.5 Å². The Hall–Kier alpha value is -4.37. The van der Waals surface area contributed by atoms with E-state index in [9.17, 15) is 29.3 Å². The number of hydrogen-bond acceptors (Lipinski definition) is 7. The number of nitrogens with zero attached hydrogens (tertiary/aromatic N) is 2. The van der Waals surface area contributed by atoms with Crippen molar-refractivity contribution in [2.45, 2.75) is 6.42 Å². The average molecular weight is 507 g/mol. The number of nitro groups is 1. The van der Waals surface area contributed by atoms with E-state index in [1.807, 2.05) is 0 Å². The van der Waals surface area contributed by atoms with Crippen LogP contribution in [0.2, 0.25) is 5.02 Å². The molecule has 0 radical (unpaired) electrons. The maximum atomic E-state index is 13.1. The number of rotatable bonds is 8. The van der Waals surface area contributed by atoms with E-state index in [-0.39, 0.29) is 41.5 Å². The number of carbonyl (C=O) groups excluding carboxylic acids is 4. The summed E-state index contributed by atoms with van der Waals surface area (Å²) >= 11 is 6.12. The Kier molecular flexibility index (Phi) is 7.21. The molecule has 0 aromatic heterocycles. The highest BCUT2D eigenvalue weighted by Gasteiger charge is 2.38. The van der Waals surface area contributed by atoms with Gasteiger partial charge in [0.2, 0.25) is 11.7 Å². The van der Waals surface area contributed by atoms with Gasteiger partial charge in [-0.25, -0.2) is 0 Å². The van der Waals surface area contributed by atoms with Gasteiger partial charge < -0.3 is 9.64 Å². The maximum Gasteiger partial charge on any atom is 0.311 e. The van der Waals surface area contributed by atoms with Crippen molar-refractivity contribution in [1.29, 1.82) is 0 Å². The van der Waals surface area contributed by atoms with Crippen molar-refractivity contribution < 1.29 is 28.8 Å². The summed E-state index contributed by atoms with van der Waals surface area (Å²) in [6.07, 6.45) is -0.161. The van der Waals surface area contributed by atoms with E-state index in [4.69, 9.17) is 16.3 Å². The Morgan fingerprint density at radius 3 is 2.44 bits per heavy atom. The van der Waals surface area contributed by atoms with E-state index < -0.39 is 29.2 Å². The van der Waals surface area contributed by atoms with Crippen molar-refractivity contribution in [2.24, 2.45) is 5.92 Å². The van der Waals surface area contributed by atoms with Crippen molar-refractivity contribution >= 4 is 46.4 Å². The minimum Gasteiger partial charge on any atom is -0.457 e. The van der Waals surface area contributed by atoms with Gasteiger partial charge >= 0.3 is 5.97 Å². The first-order valence-electron chi connectivity index (χ1n) is 10.9. The Bertz CT molecular complexity index is 1370. The van der Waals surface area contributed by atoms with Crippen molar-refractivity contribution in [1.82, 2.24) is 0 Å². The molecule has 0 spiro atoms. The molecule has 36 heavy (non-hydrogen) atoms. The van der Waals surface area contributed by atoms with Crippen LogP contribution in [0.15, 0.2) is 72.8 Å². The molecule has 1 aliphatic heterocycles. The predicted molar refractivity (Wildman–Crippen MR) is 130 cm³/mol. The largest absolute Gasteiger partial charge is 0.457 e. The van der Waals surface area contributed by atoms with Crippen LogP contribution in [0.5, 0.6) is 0 Å². The molecule has 1 heterocycles. The summed E-state index contributed by atoms with van der Waals surface area (Å²) < 4.78 is 5.12. The van der Waals surface area contributed by atoms with Crippen LogP contribution in [0.1, 0.15) is 32.7 Å². The molecule has 0 aliphatic carbocycles. The standard InChI is InChI=1S/C26H19ClN2O7/c27-19-9-10-22(21(13-19)25(32)16-5-2-1-3-6-16)28-14-18(12-24(28)31)26(33)36-15-23(30)17-7-4-8-20(11-17)29(34)35/h1-11,13,18H,12,14-15H2/t18-/m0/s1. The molecule has 1 aliphatic rings. The third-order valence-electron chi connectivity index (χ3n) is 5.71. The van der Waals surface area contributed by atoms with Gasteiger partial charge in [0.1, 0.15) is 0 Å². The summed E-state index contributed by atoms with van der Waals surface area (Å²) in [5, 5.41) is 11.2. The van der Waals surface area contributed by atoms with E-state index in [0.717, 1.165) is 6.07 Å². The topological polar surface area (TPSA) is 124 Å². The van der Waals surface area contributed by atoms with Crippen molar-refractivity contribution in [3.8, 4) is 0 Å². The van der Waals surface area contributed by atoms with Gasteiger partial charge in [-0.15, -0.1) is 0 Å². The molecule has 1 fully saturated rings. The zero-order chi connectivity index (χ0) is 25.8. The number of benzene rings is 3. The van der Waals surface area contributed by atoms with Crippen LogP contribution in [0.4, 0.5) is 11.4 Å². The van der Waals surface area contributed by atoms with Crippen molar-refractivity contribution in [3.05, 3.63) is 105 Å². The molecule has 1 saturated heterocycles. The van der Waals surface area contributed by atoms with Gasteiger partial charge in [-0.1, -0.05) is 54.1 Å². The van der Waals surface area contributed by atoms with Crippen molar-refractivity contribution in [3.63, 3.8) is 0 Å². The molecule has 10 heteroatoms. The molecule has 0 saturated carbocycles. The second-order valence-electron chi connectivity index (χ2n) is 8.10. The monoisotopic (exact) mass is 506 g/mol. The molecule has 0 bridgehead atoms. The van der Waals surface area contributed by atoms with Crippen LogP contribution in [-0.2, 0) is 14.3 Å². The molecule has 182 valence electrons. The molecular formula is C26H19ClN2O7. The lowest BCUT2D eigenvalue weighted by molar-refractivity contribution is -0.384. The number of esters is 1. The Labute approximate surface area is 210 Å². The molecular weight excluding hydrogens is 488 g/mol. The zero-order valence-electron chi connectivity index (χ0n) is 18.8. The van der Waals surface area contributed by atoms with E-state index in [0.29, 0.717) is 16.3 Å². The summed E-state index contributed by atoms with van der Waals surface area (Å²) in [7, 11) is 0. The average Bonchev–Trinajstić information content (AvgIpc) is 3.28. The number of amides is 1. The first-order chi connectivity index (χ1) is 17.2. The zero-order valence-corrected chi connectivity index (χ0v) is 19.5. The number of Topliss-reactive ketones (excluding diaryl/α,β-unsaturated/α-hetero) is 1. The quantitative estimate of drug-likeness (QED) is 0.193. The molecule has 4 rings (SSSR count). The van der Waals surface area contributed by atoms with Crippen LogP contribution in [0.3, 0.4) is 0 Å². The molecule has 1 atom stereocenters. The van der Waals surface area contributed by atoms with Crippen LogP contribution in [0, 0.1) is 16.0 Å². The van der Waals surface area contributed by atoms with Gasteiger partial charge in [0, 0.05) is 46.8 Å². The number of halogens is 1. The summed E-state index contributed by atoms with van der Waals surface area (Å²) in [4.78, 5) is 62.5. The lowest BCUT2D eigenvalue weighted by Gasteiger charge is -2.20. The van der Waals surface area contributed by atoms with Gasteiger partial charge in [0.25, 0.3) is 5.69 Å². The fourth-order valence-electron chi connectivity index (χ4n) is 3.90. The van der Waals surface area contributed by atoms with Crippen LogP contribution in [-0.4, -0.2) is 41.5 Å². The molecule has 3 aromatic rings. The van der Waals surface area contributed by atoms with Crippen LogP contribution in [0.25, 0.3) is 0 Å². The predicted octanol–water partition coefficient (Wildman–Crippen LogP) is 4.26. The fraction of sp³-hybridized carbons (Fsp3) is 0.154. The Morgan fingerprint density at radius 2 is 1.72 bits per heavy atom. The van der Waals surface area contributed by atoms with E-state index >= 15 is 0 Å². The smallest absolute Gasteiger partial charge is 0.311 e. The van der Waals surface area contributed by atoms with Crippen molar-refractivity contribution in [2.75, 3.05) is 18.1 Å². The highest BCUT2D eigenvalue weighted by atomic mass is 35.5. The molecule has 9 nitrogen and oxygen atoms in total. The maximum absolute atomic E-state index is 13.1. The van der Waals surface area contributed by atoms with Crippen LogP contribution >= 0.6 is 11.6 Å². The molecule has 0 unspecified atom stereocenters. The van der Waals surface area contributed by atoms with Crippen LogP contribution < -0.4 is 4.90 Å². The summed E-state index contributed by atoms with van der Waals surface area (Å²) in [5.41, 5.74) is 0.737. The molecule has 1 amide bonds. The highest BCUT2D eigenvalue weighted by molar-refractivity contribution is 6.31. The highest BCUT2D eigenvalue weighted by Crippen LogP contribution is 2.32. The number of non-ortho nitro benzene ring substituents is 1. The summed E-state index contributed by atoms with van der Waals surface area (Å²) in [5.74, 6) is -2.93. The Morgan fingerprint density at radius 1 is 1.00 bits per heavy atom. The number of ether oxygens (including phenoxy) is 1. The van der Waals surface area contributed by atoms with Gasteiger partial charge in [-0.3, -0.25) is 29.3 Å². The van der Waals surface area contributed by atoms with Gasteiger partial charge in [-0.05, 0) is 18.2 Å². The Balaban J connectivity index is 1.46. The second kappa shape index (κ2) is 10.5. The number of hydrogen-bond donors (Lipinski definition) is 0. The fourth-order valence-corrected chi connectivity index (χ4v) is 4.07. The third-order valence-corrected chi connectivity index (χ3v) is 5.95. The molecule has 3 aromatic carbocycles. The van der Waals surface area contributed by atoms with E-state index in [1.54, 1.807) is 42.5 Å². The minimum absolute atomic E-state index is 0.0337. The third kappa shape index (κ3) is 5.31. The first-order valence-corrected chi connectivity index (χ1v) is 11.3. The summed E-state index contributed by atoms with van der Waals surface area (Å²) in [6, 6.07) is 18.2. The molecule has 0 N–H and O–H groups in total. The summed E-state index contributed by atoms with van der Waals surface area (Å²) in [6.45, 7) is -0.664. The lowest BCUT2D eigenvalue weighted by Crippen LogP contribution is -2.28. The first kappa shape index (κ1) is 24.7. The number of carbonyl (C=O) groups is 4. The number of anilines is 1. The second-order valence-corrected chi connectivity index (χ2v) is 8.54. The number of nitro benzene ring substituents is 1. The van der Waals surface area contributed by atoms with E-state index in [2.05, 4.69) is 0 Å². The lowest BCUT2D eigenvalue weighted by atomic mass is 10.0. The SMILES string of the molecule is O=C(COC(=O)[C@H]1CC(=O)N(c2ccc(Cl)cc2C(=O)c2ccccc2)C1)c1cccc([N+](=O)[O-])c1. The number of ketones is 2.